The molecule has 2 aliphatic carbocycles. The number of methoxy groups -OCH3 is 2. The SMILES string of the molecule is COC(OC)C1CCN(c2ccc([C@H]3c4ccc(O)cc4CC[C@@H]3C3CCC(F)(F)CC3)cc2)CC1. The van der Waals surface area contributed by atoms with E-state index in [1.807, 2.05) is 6.07 Å². The van der Waals surface area contributed by atoms with Gasteiger partial charge in [-0.05, 0) is 91.3 Å². The number of hydrogen-bond acceptors (Lipinski definition) is 4. The summed E-state index contributed by atoms with van der Waals surface area (Å²) in [6.45, 7) is 1.94. The number of hydrogen-bond donors (Lipinski definition) is 1. The Hall–Kier alpha value is -2.18. The standard InChI is InChI=1S/C30H39F2NO3/c1-35-29(36-2)22-13-17-33(18-14-22)24-6-3-21(4-7-24)28-26(20-11-15-30(31,32)16-12-20)9-5-23-19-25(34)8-10-27(23)28/h3-4,6-8,10,19-20,22,26,28-29,34H,5,9,11-18H2,1-2H3/t26-,28-/m1/s1. The summed E-state index contributed by atoms with van der Waals surface area (Å²) in [5.41, 5.74) is 4.91. The molecule has 2 aromatic rings. The first-order valence-electron chi connectivity index (χ1n) is 13.5. The zero-order chi connectivity index (χ0) is 25.3. The largest absolute Gasteiger partial charge is 0.508 e. The van der Waals surface area contributed by atoms with Crippen molar-refractivity contribution < 1.29 is 23.4 Å². The summed E-state index contributed by atoms with van der Waals surface area (Å²) in [5.74, 6) is -0.966. The zero-order valence-corrected chi connectivity index (χ0v) is 21.5. The molecule has 36 heavy (non-hydrogen) atoms. The van der Waals surface area contributed by atoms with Gasteiger partial charge < -0.3 is 19.5 Å². The first-order chi connectivity index (χ1) is 17.4. The Morgan fingerprint density at radius 2 is 1.58 bits per heavy atom. The fraction of sp³-hybridized carbons (Fsp3) is 0.600. The van der Waals surface area contributed by atoms with Crippen molar-refractivity contribution in [1.29, 1.82) is 0 Å². The molecular formula is C30H39F2NO3. The number of phenols is 1. The van der Waals surface area contributed by atoms with E-state index in [0.29, 0.717) is 36.3 Å². The summed E-state index contributed by atoms with van der Waals surface area (Å²) in [4.78, 5) is 2.43. The number of aryl methyl sites for hydroxylation is 1. The van der Waals surface area contributed by atoms with Crippen LogP contribution >= 0.6 is 0 Å². The van der Waals surface area contributed by atoms with E-state index >= 15 is 0 Å². The van der Waals surface area contributed by atoms with Gasteiger partial charge in [0.05, 0.1) is 0 Å². The number of nitrogens with zero attached hydrogens (tertiary/aromatic N) is 1. The van der Waals surface area contributed by atoms with Crippen LogP contribution in [0.4, 0.5) is 14.5 Å². The second-order valence-corrected chi connectivity index (χ2v) is 11.0. The number of fused-ring (bicyclic) bond motifs is 1. The molecular weight excluding hydrogens is 460 g/mol. The molecule has 0 amide bonds. The van der Waals surface area contributed by atoms with Crippen LogP contribution in [-0.2, 0) is 15.9 Å². The van der Waals surface area contributed by atoms with Crippen LogP contribution in [0.1, 0.15) is 67.6 Å². The molecule has 6 heteroatoms. The van der Waals surface area contributed by atoms with E-state index in [1.165, 1.54) is 22.4 Å². The average molecular weight is 500 g/mol. The molecule has 0 spiro atoms. The first kappa shape index (κ1) is 25.5. The highest BCUT2D eigenvalue weighted by Crippen LogP contribution is 2.50. The monoisotopic (exact) mass is 499 g/mol. The number of rotatable bonds is 6. The quantitative estimate of drug-likeness (QED) is 0.447. The van der Waals surface area contributed by atoms with Gasteiger partial charge >= 0.3 is 0 Å². The van der Waals surface area contributed by atoms with Gasteiger partial charge in [-0.25, -0.2) is 8.78 Å². The minimum absolute atomic E-state index is 0.00517. The van der Waals surface area contributed by atoms with E-state index in [0.717, 1.165) is 38.8 Å². The summed E-state index contributed by atoms with van der Waals surface area (Å²) in [7, 11) is 3.41. The number of phenolic OH excluding ortho intramolecular Hbond substituents is 1. The van der Waals surface area contributed by atoms with Gasteiger partial charge in [0.15, 0.2) is 6.29 Å². The molecule has 5 rings (SSSR count). The Bertz CT molecular complexity index is 1010. The molecule has 1 heterocycles. The average Bonchev–Trinajstić information content (AvgIpc) is 2.89. The van der Waals surface area contributed by atoms with E-state index in [4.69, 9.17) is 9.47 Å². The van der Waals surface area contributed by atoms with Crippen LogP contribution in [0, 0.1) is 17.8 Å². The minimum atomic E-state index is -2.51. The van der Waals surface area contributed by atoms with Crippen LogP contribution in [0.25, 0.3) is 0 Å². The van der Waals surface area contributed by atoms with Gasteiger partial charge in [0.2, 0.25) is 5.92 Å². The van der Waals surface area contributed by atoms with Gasteiger partial charge in [0, 0.05) is 57.7 Å². The van der Waals surface area contributed by atoms with E-state index in [2.05, 4.69) is 35.2 Å². The highest BCUT2D eigenvalue weighted by Gasteiger charge is 2.42. The predicted octanol–water partition coefficient (Wildman–Crippen LogP) is 6.75. The van der Waals surface area contributed by atoms with Crippen LogP contribution in [0.3, 0.4) is 0 Å². The van der Waals surface area contributed by atoms with E-state index in [9.17, 15) is 13.9 Å². The van der Waals surface area contributed by atoms with Gasteiger partial charge in [-0.15, -0.1) is 0 Å². The molecule has 1 aliphatic heterocycles. The number of anilines is 1. The van der Waals surface area contributed by atoms with Gasteiger partial charge in [0.1, 0.15) is 5.75 Å². The molecule has 1 saturated carbocycles. The maximum Gasteiger partial charge on any atom is 0.248 e. The van der Waals surface area contributed by atoms with Crippen LogP contribution in [0.5, 0.6) is 5.75 Å². The van der Waals surface area contributed by atoms with Crippen LogP contribution in [0.15, 0.2) is 42.5 Å². The van der Waals surface area contributed by atoms with Gasteiger partial charge in [0.25, 0.3) is 0 Å². The molecule has 2 aromatic carbocycles. The number of halogens is 2. The number of piperidine rings is 1. The number of benzene rings is 2. The molecule has 2 fully saturated rings. The van der Waals surface area contributed by atoms with Crippen LogP contribution < -0.4 is 4.90 Å². The lowest BCUT2D eigenvalue weighted by atomic mass is 9.64. The number of aromatic hydroxyl groups is 1. The fourth-order valence-corrected chi connectivity index (χ4v) is 7.06. The molecule has 1 N–H and O–H groups in total. The summed E-state index contributed by atoms with van der Waals surface area (Å²) in [6.07, 6.45) is 5.00. The Kier molecular flexibility index (Phi) is 7.55. The van der Waals surface area contributed by atoms with Crippen LogP contribution in [-0.4, -0.2) is 44.6 Å². The molecule has 0 radical (unpaired) electrons. The van der Waals surface area contributed by atoms with Crippen molar-refractivity contribution in [3.8, 4) is 5.75 Å². The molecule has 4 nitrogen and oxygen atoms in total. The second kappa shape index (κ2) is 10.7. The summed E-state index contributed by atoms with van der Waals surface area (Å²) < 4.78 is 38.8. The summed E-state index contributed by atoms with van der Waals surface area (Å²) in [5, 5.41) is 10.1. The molecule has 0 unspecified atom stereocenters. The zero-order valence-electron chi connectivity index (χ0n) is 21.5. The molecule has 0 aromatic heterocycles. The third kappa shape index (κ3) is 5.26. The third-order valence-electron chi connectivity index (χ3n) is 9.01. The van der Waals surface area contributed by atoms with Crippen molar-refractivity contribution >= 4 is 5.69 Å². The topological polar surface area (TPSA) is 41.9 Å². The van der Waals surface area contributed by atoms with Crippen LogP contribution in [0.2, 0.25) is 0 Å². The van der Waals surface area contributed by atoms with E-state index in [1.54, 1.807) is 20.3 Å². The molecule has 1 saturated heterocycles. The Labute approximate surface area is 213 Å². The summed E-state index contributed by atoms with van der Waals surface area (Å²) >= 11 is 0. The van der Waals surface area contributed by atoms with Gasteiger partial charge in [-0.2, -0.15) is 0 Å². The second-order valence-electron chi connectivity index (χ2n) is 11.0. The van der Waals surface area contributed by atoms with Crippen molar-refractivity contribution in [2.24, 2.45) is 17.8 Å². The Balaban J connectivity index is 1.36. The maximum absolute atomic E-state index is 13.9. The third-order valence-corrected chi connectivity index (χ3v) is 9.01. The minimum Gasteiger partial charge on any atom is -0.508 e. The number of ether oxygens (including phenoxy) is 2. The molecule has 3 aliphatic rings. The van der Waals surface area contributed by atoms with Crippen molar-refractivity contribution in [3.05, 3.63) is 59.2 Å². The first-order valence-corrected chi connectivity index (χ1v) is 13.5. The predicted molar refractivity (Wildman–Crippen MR) is 138 cm³/mol. The highest BCUT2D eigenvalue weighted by atomic mass is 19.3. The van der Waals surface area contributed by atoms with Crippen molar-refractivity contribution in [1.82, 2.24) is 0 Å². The summed E-state index contributed by atoms with van der Waals surface area (Å²) in [6, 6.07) is 14.6. The number of alkyl halides is 2. The lowest BCUT2D eigenvalue weighted by Gasteiger charge is -2.42. The smallest absolute Gasteiger partial charge is 0.248 e. The molecule has 0 bridgehead atoms. The highest BCUT2D eigenvalue weighted by molar-refractivity contribution is 5.51. The lowest BCUT2D eigenvalue weighted by molar-refractivity contribution is -0.141. The maximum atomic E-state index is 13.9. The van der Waals surface area contributed by atoms with Crippen molar-refractivity contribution in [2.75, 3.05) is 32.2 Å². The normalized spacial score (nSPS) is 25.2. The Morgan fingerprint density at radius 3 is 2.22 bits per heavy atom. The molecule has 2 atom stereocenters. The van der Waals surface area contributed by atoms with E-state index in [-0.39, 0.29) is 25.0 Å². The van der Waals surface area contributed by atoms with Gasteiger partial charge in [-0.1, -0.05) is 18.2 Å². The Morgan fingerprint density at radius 1 is 0.917 bits per heavy atom. The van der Waals surface area contributed by atoms with Crippen molar-refractivity contribution in [3.63, 3.8) is 0 Å². The molecule has 196 valence electrons. The lowest BCUT2D eigenvalue weighted by Crippen LogP contribution is -2.39. The van der Waals surface area contributed by atoms with Crippen molar-refractivity contribution in [2.45, 2.75) is 69.5 Å². The van der Waals surface area contributed by atoms with E-state index < -0.39 is 5.92 Å². The van der Waals surface area contributed by atoms with Gasteiger partial charge in [-0.3, -0.25) is 0 Å². The fourth-order valence-electron chi connectivity index (χ4n) is 7.06.